The zero-order valence-electron chi connectivity index (χ0n) is 5.58. The van der Waals surface area contributed by atoms with Gasteiger partial charge in [0, 0.05) is 6.54 Å². The van der Waals surface area contributed by atoms with Gasteiger partial charge in [0.25, 0.3) is 0 Å². The SMILES string of the molecule is C#C[C@H]1CCCN1C(=O)O. The van der Waals surface area contributed by atoms with Crippen LogP contribution in [0.15, 0.2) is 0 Å². The van der Waals surface area contributed by atoms with E-state index >= 15 is 0 Å². The molecule has 1 rings (SSSR count). The maximum absolute atomic E-state index is 10.4. The van der Waals surface area contributed by atoms with E-state index in [9.17, 15) is 4.79 Å². The molecule has 1 aliphatic heterocycles. The molecule has 3 heteroatoms. The number of carboxylic acid groups (broad SMARTS) is 1. The van der Waals surface area contributed by atoms with Gasteiger partial charge >= 0.3 is 6.09 Å². The van der Waals surface area contributed by atoms with Crippen molar-refractivity contribution in [2.24, 2.45) is 0 Å². The van der Waals surface area contributed by atoms with E-state index in [-0.39, 0.29) is 6.04 Å². The number of amides is 1. The van der Waals surface area contributed by atoms with Gasteiger partial charge < -0.3 is 5.11 Å². The predicted octanol–water partition coefficient (Wildman–Crippen LogP) is 0.762. The van der Waals surface area contributed by atoms with Crippen LogP contribution in [0.5, 0.6) is 0 Å². The number of nitrogens with zero attached hydrogens (tertiary/aromatic N) is 1. The summed E-state index contributed by atoms with van der Waals surface area (Å²) in [4.78, 5) is 11.7. The van der Waals surface area contributed by atoms with E-state index < -0.39 is 6.09 Å². The standard InChI is InChI=1S/C7H9NO2/c1-2-6-4-3-5-8(6)7(9)10/h1,6H,3-5H2,(H,9,10)/t6-/m0/s1. The van der Waals surface area contributed by atoms with Gasteiger partial charge in [0.1, 0.15) is 0 Å². The molecule has 0 spiro atoms. The Morgan fingerprint density at radius 3 is 2.90 bits per heavy atom. The molecule has 10 heavy (non-hydrogen) atoms. The minimum atomic E-state index is -0.902. The summed E-state index contributed by atoms with van der Waals surface area (Å²) in [7, 11) is 0. The van der Waals surface area contributed by atoms with Crippen LogP contribution < -0.4 is 0 Å². The predicted molar refractivity (Wildman–Crippen MR) is 36.6 cm³/mol. The quantitative estimate of drug-likeness (QED) is 0.503. The van der Waals surface area contributed by atoms with Crippen LogP contribution in [-0.4, -0.2) is 28.7 Å². The minimum absolute atomic E-state index is 0.183. The highest BCUT2D eigenvalue weighted by Crippen LogP contribution is 2.15. The van der Waals surface area contributed by atoms with E-state index in [0.717, 1.165) is 12.8 Å². The topological polar surface area (TPSA) is 40.5 Å². The lowest BCUT2D eigenvalue weighted by atomic mass is 10.2. The van der Waals surface area contributed by atoms with Crippen LogP contribution in [0.2, 0.25) is 0 Å². The van der Waals surface area contributed by atoms with Gasteiger partial charge in [0.05, 0.1) is 6.04 Å². The number of terminal acetylenes is 1. The Hall–Kier alpha value is -1.17. The molecule has 0 aromatic carbocycles. The van der Waals surface area contributed by atoms with E-state index in [4.69, 9.17) is 11.5 Å². The molecule has 0 saturated carbocycles. The second-order valence-corrected chi connectivity index (χ2v) is 2.30. The van der Waals surface area contributed by atoms with E-state index in [1.807, 2.05) is 0 Å². The Labute approximate surface area is 59.6 Å². The van der Waals surface area contributed by atoms with Gasteiger partial charge in [-0.2, -0.15) is 0 Å². The van der Waals surface area contributed by atoms with Crippen LogP contribution in [0.25, 0.3) is 0 Å². The smallest absolute Gasteiger partial charge is 0.408 e. The fourth-order valence-corrected chi connectivity index (χ4v) is 1.17. The second kappa shape index (κ2) is 2.61. The molecule has 1 N–H and O–H groups in total. The zero-order chi connectivity index (χ0) is 7.56. The van der Waals surface area contributed by atoms with Gasteiger partial charge in [-0.3, -0.25) is 4.90 Å². The van der Waals surface area contributed by atoms with Crippen molar-refractivity contribution in [2.75, 3.05) is 6.54 Å². The molecule has 54 valence electrons. The largest absolute Gasteiger partial charge is 0.465 e. The third kappa shape index (κ3) is 1.06. The van der Waals surface area contributed by atoms with Gasteiger partial charge in [-0.1, -0.05) is 5.92 Å². The summed E-state index contributed by atoms with van der Waals surface area (Å²) in [5.74, 6) is 2.44. The van der Waals surface area contributed by atoms with Gasteiger partial charge in [-0.05, 0) is 12.8 Å². The summed E-state index contributed by atoms with van der Waals surface area (Å²) < 4.78 is 0. The Morgan fingerprint density at radius 1 is 1.80 bits per heavy atom. The van der Waals surface area contributed by atoms with Gasteiger partial charge in [-0.25, -0.2) is 4.79 Å². The monoisotopic (exact) mass is 139 g/mol. The molecular formula is C7H9NO2. The highest BCUT2D eigenvalue weighted by Gasteiger charge is 2.26. The maximum atomic E-state index is 10.4. The zero-order valence-corrected chi connectivity index (χ0v) is 5.58. The normalized spacial score (nSPS) is 24.3. The van der Waals surface area contributed by atoms with Crippen molar-refractivity contribution in [2.45, 2.75) is 18.9 Å². The Kier molecular flexibility index (Phi) is 1.81. The van der Waals surface area contributed by atoms with Crippen molar-refractivity contribution in [1.29, 1.82) is 0 Å². The third-order valence-corrected chi connectivity index (χ3v) is 1.69. The first-order chi connectivity index (χ1) is 4.75. The van der Waals surface area contributed by atoms with Crippen LogP contribution in [0.4, 0.5) is 4.79 Å². The summed E-state index contributed by atoms with van der Waals surface area (Å²) in [6.45, 7) is 0.587. The van der Waals surface area contributed by atoms with Crippen molar-refractivity contribution in [1.82, 2.24) is 4.90 Å². The molecule has 1 atom stereocenters. The Morgan fingerprint density at radius 2 is 2.50 bits per heavy atom. The number of hydrogen-bond donors (Lipinski definition) is 1. The summed E-state index contributed by atoms with van der Waals surface area (Å²) in [6.07, 6.45) is 5.90. The molecule has 0 aromatic heterocycles. The molecule has 1 amide bonds. The third-order valence-electron chi connectivity index (χ3n) is 1.69. The summed E-state index contributed by atoms with van der Waals surface area (Å²) in [5.41, 5.74) is 0. The first kappa shape index (κ1) is 6.94. The summed E-state index contributed by atoms with van der Waals surface area (Å²) in [6, 6.07) is -0.183. The molecule has 0 radical (unpaired) electrons. The minimum Gasteiger partial charge on any atom is -0.465 e. The lowest BCUT2D eigenvalue weighted by Gasteiger charge is -2.15. The first-order valence-electron chi connectivity index (χ1n) is 3.21. The van der Waals surface area contributed by atoms with Crippen molar-refractivity contribution in [3.63, 3.8) is 0 Å². The number of likely N-dealkylation sites (tertiary alicyclic amines) is 1. The summed E-state index contributed by atoms with van der Waals surface area (Å²) in [5, 5.41) is 8.55. The average molecular weight is 139 g/mol. The fourth-order valence-electron chi connectivity index (χ4n) is 1.17. The van der Waals surface area contributed by atoms with Crippen molar-refractivity contribution >= 4 is 6.09 Å². The van der Waals surface area contributed by atoms with Crippen LogP contribution >= 0.6 is 0 Å². The fraction of sp³-hybridized carbons (Fsp3) is 0.571. The van der Waals surface area contributed by atoms with Gasteiger partial charge in [-0.15, -0.1) is 6.42 Å². The molecule has 1 aliphatic rings. The molecule has 1 heterocycles. The van der Waals surface area contributed by atoms with Crippen molar-refractivity contribution < 1.29 is 9.90 Å². The first-order valence-corrected chi connectivity index (χ1v) is 3.21. The average Bonchev–Trinajstić information content (AvgIpc) is 2.33. The van der Waals surface area contributed by atoms with Crippen molar-refractivity contribution in [3.8, 4) is 12.3 Å². The number of rotatable bonds is 0. The molecule has 0 bridgehead atoms. The van der Waals surface area contributed by atoms with Crippen LogP contribution in [0.1, 0.15) is 12.8 Å². The molecule has 0 aliphatic carbocycles. The van der Waals surface area contributed by atoms with Crippen LogP contribution in [-0.2, 0) is 0 Å². The number of hydrogen-bond acceptors (Lipinski definition) is 1. The maximum Gasteiger partial charge on any atom is 0.408 e. The van der Waals surface area contributed by atoms with E-state index in [1.165, 1.54) is 4.90 Å². The van der Waals surface area contributed by atoms with Gasteiger partial charge in [0.15, 0.2) is 0 Å². The van der Waals surface area contributed by atoms with E-state index in [2.05, 4.69) is 5.92 Å². The van der Waals surface area contributed by atoms with Crippen LogP contribution in [0.3, 0.4) is 0 Å². The number of carbonyl (C=O) groups is 1. The molecule has 1 fully saturated rings. The second-order valence-electron chi connectivity index (χ2n) is 2.30. The molecule has 1 saturated heterocycles. The highest BCUT2D eigenvalue weighted by molar-refractivity contribution is 5.66. The highest BCUT2D eigenvalue weighted by atomic mass is 16.4. The molecule has 0 aromatic rings. The Bertz CT molecular complexity index is 183. The summed E-state index contributed by atoms with van der Waals surface area (Å²) >= 11 is 0. The molecule has 0 unspecified atom stereocenters. The lowest BCUT2D eigenvalue weighted by Crippen LogP contribution is -2.32. The Balaban J connectivity index is 2.61. The van der Waals surface area contributed by atoms with Gasteiger partial charge in [0.2, 0.25) is 0 Å². The molecular weight excluding hydrogens is 130 g/mol. The van der Waals surface area contributed by atoms with E-state index in [0.29, 0.717) is 6.54 Å². The molecule has 3 nitrogen and oxygen atoms in total. The van der Waals surface area contributed by atoms with Crippen molar-refractivity contribution in [3.05, 3.63) is 0 Å². The van der Waals surface area contributed by atoms with Crippen LogP contribution in [0, 0.1) is 12.3 Å². The lowest BCUT2D eigenvalue weighted by molar-refractivity contribution is 0.148. The van der Waals surface area contributed by atoms with E-state index in [1.54, 1.807) is 0 Å².